The van der Waals surface area contributed by atoms with Crippen LogP contribution in [0.4, 0.5) is 75.4 Å². The molecule has 16 nitrogen and oxygen atoms in total. The van der Waals surface area contributed by atoms with E-state index in [1.165, 1.54) is 77.6 Å². The van der Waals surface area contributed by atoms with Crippen molar-refractivity contribution in [2.75, 3.05) is 5.73 Å². The highest BCUT2D eigenvalue weighted by Gasteiger charge is 2.37. The molecule has 0 fully saturated rings. The number of Topliss-reactive ketones (excluding diaryl/α,β-unsaturated/α-hetero) is 2. The number of halogens is 15. The molecular weight excluding hydrogens is 1500 g/mol. The third kappa shape index (κ3) is 27.6. The molecule has 0 saturated heterocycles. The van der Waals surface area contributed by atoms with E-state index >= 15 is 0 Å². The number of benzene rings is 6. The molecule has 0 aliphatic carbocycles. The summed E-state index contributed by atoms with van der Waals surface area (Å²) in [6.45, 7) is 29.8. The highest BCUT2D eigenvalue weighted by molar-refractivity contribution is 9.10. The van der Waals surface area contributed by atoms with Gasteiger partial charge in [-0.2, -0.15) is 54.8 Å². The topological polar surface area (TPSA) is 215 Å². The van der Waals surface area contributed by atoms with Crippen LogP contribution in [0.1, 0.15) is 69.4 Å². The van der Waals surface area contributed by atoms with Crippen molar-refractivity contribution in [2.45, 2.75) is 87.1 Å². The summed E-state index contributed by atoms with van der Waals surface area (Å²) in [5, 5.41) is 33.4. The second-order valence-corrected chi connectivity index (χ2v) is 26.0. The van der Waals surface area contributed by atoms with Crippen molar-refractivity contribution in [3.05, 3.63) is 249 Å². The fourth-order valence-corrected chi connectivity index (χ4v) is 7.46. The Morgan fingerprint density at radius 3 is 1.30 bits per heavy atom. The smallest absolute Gasteiger partial charge is 0.537 e. The first-order valence-electron chi connectivity index (χ1n) is 27.3. The fraction of sp³-hybridized carbons (Fsp3) is 0.215. The van der Waals surface area contributed by atoms with Crippen molar-refractivity contribution < 1.29 is 81.9 Å². The number of H-pyrrole nitrogens is 2. The Kier molecular flexibility index (Phi) is 30.8. The van der Waals surface area contributed by atoms with Crippen LogP contribution in [0, 0.1) is 37.2 Å². The molecule has 0 atom stereocenters. The van der Waals surface area contributed by atoms with Crippen molar-refractivity contribution in [2.24, 2.45) is 0 Å². The summed E-state index contributed by atoms with van der Waals surface area (Å²) in [5.74, 6) is -1.93. The SMILES string of the molecule is Brc1cn[nH]c1.CC(C)(Br)C(=O)O.Fc1ccc(-c2cn[nH]c2)cc1.O[B]Oc1ccc(F)cc1.[C-]#[N+]c1ccc(CC(=O)C(C)(C)Br)cc1C(F)(F)F.[C-]#[N+]c1ccc(CC(=O)C(C)(C)n2cc(-c3ccc(F)cc3)cn2)cc1C(F)(F)F.[C-]#[N+]c1ccc(N)cc1C(F)(F)F. The van der Waals surface area contributed by atoms with Crippen LogP contribution in [0.5, 0.6) is 5.75 Å². The van der Waals surface area contributed by atoms with Gasteiger partial charge in [0.05, 0.1) is 63.8 Å². The zero-order valence-electron chi connectivity index (χ0n) is 51.5. The number of carboxylic acids is 1. The van der Waals surface area contributed by atoms with Gasteiger partial charge in [0, 0.05) is 48.2 Å². The molecule has 0 bridgehead atoms. The first kappa shape index (κ1) is 81.7. The lowest BCUT2D eigenvalue weighted by atomic mass is 9.93. The largest absolute Gasteiger partial charge is 0.569 e. The Morgan fingerprint density at radius 1 is 0.557 bits per heavy atom. The summed E-state index contributed by atoms with van der Waals surface area (Å²) in [6, 6.07) is 27.1. The number of aliphatic carboxylic acids is 1. The molecule has 0 aliphatic heterocycles. The monoisotopic (exact) mass is 1550 g/mol. The van der Waals surface area contributed by atoms with E-state index < -0.39 is 72.4 Å². The molecule has 0 spiro atoms. The minimum atomic E-state index is -4.68. The number of carboxylic acid groups (broad SMARTS) is 1. The van der Waals surface area contributed by atoms with Crippen LogP contribution in [-0.4, -0.2) is 74.2 Å². The summed E-state index contributed by atoms with van der Waals surface area (Å²) in [7, 11) is 0.549. The predicted molar refractivity (Wildman–Crippen MR) is 351 cm³/mol. The number of hydrogen-bond acceptors (Lipinski definition) is 9. The van der Waals surface area contributed by atoms with Gasteiger partial charge in [-0.1, -0.05) is 98.6 Å². The summed E-state index contributed by atoms with van der Waals surface area (Å²) < 4.78 is 158. The standard InChI is InChI=1S/C22H17F4N3O.C13H11BrF3NO.C9H7FN2.C8H5F3N2.C6H5BFO2.C4H7BrO2.C3H3BrN2/c1-21(2,29-13-16(12-28-29)15-5-7-17(23)8-6-15)20(30)11-14-4-9-19(27-3)18(10-14)22(24,25)26;1-12(2,14)11(19)7-8-4-5-10(18-3)9(6-8)13(15,16)17;10-9-3-1-7(2-4-9)8-5-11-12-6-8;1-13-7-3-2-5(12)4-6(7)8(9,10)11;8-5-1-3-6(4-2-5)10-7-9;1-4(2,5)3(6)7;4-3-1-5-6-2-3/h4-10,12-13H,11H2,1-2H3;4-6H,7H2,1-2H3;1-6H,(H,11,12);2-4H,12H2;1-4,9H;1-2H3,(H,6,7);1-2H,(H,5,6). The van der Waals surface area contributed by atoms with Gasteiger partial charge in [-0.15, -0.1) is 0 Å². The summed E-state index contributed by atoms with van der Waals surface area (Å²) >= 11 is 9.30. The van der Waals surface area contributed by atoms with E-state index in [1.54, 1.807) is 96.8 Å². The van der Waals surface area contributed by atoms with Crippen molar-refractivity contribution in [1.29, 1.82) is 0 Å². The molecule has 9 rings (SSSR count). The van der Waals surface area contributed by atoms with Crippen molar-refractivity contribution >= 4 is 95.8 Å². The molecule has 97 heavy (non-hydrogen) atoms. The van der Waals surface area contributed by atoms with Crippen LogP contribution >= 0.6 is 47.8 Å². The van der Waals surface area contributed by atoms with Crippen LogP contribution in [-0.2, 0) is 51.3 Å². The van der Waals surface area contributed by atoms with Gasteiger partial charge in [0.1, 0.15) is 33.1 Å². The molecule has 0 saturated carbocycles. The van der Waals surface area contributed by atoms with E-state index in [4.69, 9.17) is 35.6 Å². The molecule has 32 heteroatoms. The molecule has 509 valence electrons. The lowest BCUT2D eigenvalue weighted by molar-refractivity contribution is -0.139. The quantitative estimate of drug-likeness (QED) is 0.0256. The zero-order valence-corrected chi connectivity index (χ0v) is 56.2. The molecule has 6 N–H and O–H groups in total. The van der Waals surface area contributed by atoms with E-state index in [-0.39, 0.29) is 58.7 Å². The molecule has 3 aromatic heterocycles. The van der Waals surface area contributed by atoms with Gasteiger partial charge in [-0.25, -0.2) is 27.7 Å². The van der Waals surface area contributed by atoms with Gasteiger partial charge in [0.25, 0.3) is 0 Å². The number of hydrogen-bond donors (Lipinski definition) is 5. The third-order valence-electron chi connectivity index (χ3n) is 12.5. The number of rotatable bonds is 12. The maximum atomic E-state index is 13.2. The second-order valence-electron chi connectivity index (χ2n) is 21.1. The Morgan fingerprint density at radius 2 is 0.948 bits per heavy atom. The van der Waals surface area contributed by atoms with Gasteiger partial charge in [-0.3, -0.25) is 29.3 Å². The molecule has 0 aliphatic rings. The second kappa shape index (κ2) is 36.5. The van der Waals surface area contributed by atoms with E-state index in [2.05, 4.69) is 92.5 Å². The lowest BCUT2D eigenvalue weighted by Crippen LogP contribution is -2.37. The molecule has 6 aromatic carbocycles. The van der Waals surface area contributed by atoms with Crippen molar-refractivity contribution in [3.8, 4) is 28.0 Å². The van der Waals surface area contributed by atoms with Gasteiger partial charge < -0.3 is 20.5 Å². The van der Waals surface area contributed by atoms with Crippen molar-refractivity contribution in [1.82, 2.24) is 30.2 Å². The Bertz CT molecular complexity index is 4140. The summed E-state index contributed by atoms with van der Waals surface area (Å²) in [5.41, 5.74) is 3.35. The summed E-state index contributed by atoms with van der Waals surface area (Å²) in [6.07, 6.45) is -4.05. The van der Waals surface area contributed by atoms with Crippen LogP contribution in [0.2, 0.25) is 0 Å². The fourth-order valence-electron chi connectivity index (χ4n) is 7.12. The Labute approximate surface area is 574 Å². The molecule has 3 heterocycles. The van der Waals surface area contributed by atoms with E-state index in [9.17, 15) is 67.1 Å². The highest BCUT2D eigenvalue weighted by atomic mass is 79.9. The minimum Gasteiger partial charge on any atom is -0.537 e. The van der Waals surface area contributed by atoms with Crippen LogP contribution in [0.3, 0.4) is 0 Å². The number of aromatic nitrogens is 6. The molecule has 0 unspecified atom stereocenters. The van der Waals surface area contributed by atoms with E-state index in [0.29, 0.717) is 19.0 Å². The average Bonchev–Trinajstić information content (AvgIpc) is 1.79. The van der Waals surface area contributed by atoms with Crippen LogP contribution < -0.4 is 10.4 Å². The maximum Gasteiger partial charge on any atom is 0.569 e. The van der Waals surface area contributed by atoms with Crippen LogP contribution in [0.25, 0.3) is 36.8 Å². The van der Waals surface area contributed by atoms with Gasteiger partial charge in [0.15, 0.2) is 28.6 Å². The number of nitrogens with zero attached hydrogens (tertiary/aromatic N) is 7. The van der Waals surface area contributed by atoms with E-state index in [1.807, 2.05) is 0 Å². The molecular formula is C65H55BBr3F12N10O6. The Hall–Kier alpha value is -9.55. The predicted octanol–water partition coefficient (Wildman–Crippen LogP) is 18.5. The van der Waals surface area contributed by atoms with Crippen molar-refractivity contribution in [3.63, 3.8) is 0 Å². The first-order valence-corrected chi connectivity index (χ1v) is 29.7. The van der Waals surface area contributed by atoms with Crippen LogP contribution in [0.15, 0.2) is 169 Å². The molecule has 9 aromatic rings. The highest BCUT2D eigenvalue weighted by Crippen LogP contribution is 2.40. The number of ketones is 2. The average molecular weight is 1550 g/mol. The van der Waals surface area contributed by atoms with E-state index in [0.717, 1.165) is 57.6 Å². The lowest BCUT2D eigenvalue weighted by Gasteiger charge is -2.24. The summed E-state index contributed by atoms with van der Waals surface area (Å²) in [4.78, 5) is 43.1. The Balaban J connectivity index is 0.000000316. The van der Waals surface area contributed by atoms with Gasteiger partial charge in [-0.05, 0) is 140 Å². The molecule has 0 amide bonds. The number of aromatic amines is 2. The van der Waals surface area contributed by atoms with Gasteiger partial charge in [0.2, 0.25) is 0 Å². The minimum absolute atomic E-state index is 0.000255. The normalized spacial score (nSPS) is 11.0. The number of nitrogens with two attached hydrogens (primary N) is 1. The first-order chi connectivity index (χ1) is 45.0. The number of carbonyl (C=O) groups excluding carboxylic acids is 2. The third-order valence-corrected chi connectivity index (χ3v) is 13.7. The van der Waals surface area contributed by atoms with Gasteiger partial charge >= 0.3 is 32.2 Å². The zero-order chi connectivity index (χ0) is 73.3. The maximum absolute atomic E-state index is 13.2. The number of nitrogens with one attached hydrogen (secondary N) is 2. The number of anilines is 1. The molecule has 1 radical (unpaired) electrons. The number of alkyl halides is 11. The number of nitrogen functional groups attached to an aromatic ring is 1. The number of carbonyl (C=O) groups is 3.